The third kappa shape index (κ3) is 24.6. The van der Waals surface area contributed by atoms with Gasteiger partial charge in [0.15, 0.2) is 6.10 Å². The molecular weight excluding hydrogens is 1210 g/mol. The summed E-state index contributed by atoms with van der Waals surface area (Å²) in [6.45, 7) is 30.5. The topological polar surface area (TPSA) is 317 Å². The van der Waals surface area contributed by atoms with E-state index in [1.165, 1.54) is 70.8 Å². The van der Waals surface area contributed by atoms with Crippen LogP contribution in [0.4, 0.5) is 0 Å². The molecule has 0 aromatic heterocycles. The van der Waals surface area contributed by atoms with Gasteiger partial charge in [-0.2, -0.15) is 0 Å². The predicted molar refractivity (Wildman–Crippen MR) is 359 cm³/mol. The van der Waals surface area contributed by atoms with Crippen molar-refractivity contribution in [1.29, 1.82) is 0 Å². The molecule has 2 aliphatic rings. The SMILES string of the molecule is CC(C)C[C@@H]1NC(=O)[C@H](CC(C)C)N(C)C(=O)[C@@H](C(C)C)OC(=O)[C@H](C)NC(=O)[C@H](CC(C)C)N(C)C(=O)[C@H](CC(C)C)NC(=O)[C@H](CC(C)C)N(C)C(=O)CN(C)C(=O)[C@H]([C@@H](C)O)NC(=O)[C@H]([C@H](O)[C@H](C)CCN(C)C2CCOCC2)N(C)C(=O)[C@H](C(C)C)N(C)C1=O. The van der Waals surface area contributed by atoms with E-state index in [0.717, 1.165) is 27.5 Å². The Morgan fingerprint density at radius 2 is 0.904 bits per heavy atom. The first-order valence-electron chi connectivity index (χ1n) is 34.1. The largest absolute Gasteiger partial charge is 0.450 e. The van der Waals surface area contributed by atoms with E-state index in [0.29, 0.717) is 26.2 Å². The molecule has 94 heavy (non-hydrogen) atoms. The zero-order valence-electron chi connectivity index (χ0n) is 61.4. The Morgan fingerprint density at radius 1 is 0.489 bits per heavy atom. The van der Waals surface area contributed by atoms with Gasteiger partial charge in [0.25, 0.3) is 5.91 Å². The maximum absolute atomic E-state index is 15.4. The smallest absolute Gasteiger partial charge is 0.329 e. The molecule has 6 N–H and O–H groups in total. The number of carbonyl (C=O) groups excluding carboxylic acids is 11. The summed E-state index contributed by atoms with van der Waals surface area (Å²) in [6.07, 6.45) is -2.23. The standard InChI is InChI=1S/C68H123N11O15/c1-37(2)31-48-63(87)76(21)51(34-40(7)8)59(83)69-45(16)68(92)94-58(43(13)14)67(91)77(22)52(35-41(9)10)61(85)71-49(32-38(3)4)64(88)78(23)55(42(11)12)66(90)79(24)56(57(82)44(15)25-28-73(18)47-26-29-93-30-27-47)62(86)72-54(46(17)80)65(89)74(19)36-53(81)75(20)50(33-39(5)6)60(84)70-48/h37-52,54-58,80,82H,25-36H2,1-24H3,(H,69,83)(H,70,84)(H,71,85)(H,72,86)/t44-,45+,46-,48+,49+,50+,51+,52+,54+,55+,56+,57-,58-/m1/s1. The van der Waals surface area contributed by atoms with Crippen LogP contribution in [0.2, 0.25) is 0 Å². The number of likely N-dealkylation sites (N-methyl/N-ethyl adjacent to an activating group) is 6. The van der Waals surface area contributed by atoms with Gasteiger partial charge in [-0.3, -0.25) is 47.9 Å². The number of rotatable bonds is 19. The summed E-state index contributed by atoms with van der Waals surface area (Å²) in [5.74, 6) is -11.6. The Morgan fingerprint density at radius 3 is 1.33 bits per heavy atom. The second kappa shape index (κ2) is 38.7. The number of cyclic esters (lactones) is 1. The van der Waals surface area contributed by atoms with Gasteiger partial charge in [-0.25, -0.2) is 4.79 Å². The van der Waals surface area contributed by atoms with Crippen LogP contribution in [-0.4, -0.2) is 264 Å². The number of aliphatic hydroxyl groups excluding tert-OH is 2. The van der Waals surface area contributed by atoms with Gasteiger partial charge in [-0.15, -0.1) is 0 Å². The molecule has 26 nitrogen and oxygen atoms in total. The molecule has 2 saturated heterocycles. The molecule has 0 aliphatic carbocycles. The highest BCUT2D eigenvalue weighted by Gasteiger charge is 2.46. The molecule has 0 saturated carbocycles. The fourth-order valence-corrected chi connectivity index (χ4v) is 12.2. The lowest BCUT2D eigenvalue weighted by Gasteiger charge is -2.40. The van der Waals surface area contributed by atoms with Crippen molar-refractivity contribution >= 4 is 65.0 Å². The van der Waals surface area contributed by atoms with E-state index < -0.39 is 162 Å². The Kier molecular flexibility index (Phi) is 34.6. The molecule has 0 unspecified atom stereocenters. The number of aliphatic hydroxyl groups is 2. The summed E-state index contributed by atoms with van der Waals surface area (Å²) in [5, 5.41) is 34.9. The molecule has 0 aromatic carbocycles. The first-order chi connectivity index (χ1) is 43.5. The van der Waals surface area contributed by atoms with E-state index in [9.17, 15) is 48.6 Å². The maximum atomic E-state index is 15.4. The van der Waals surface area contributed by atoms with Crippen molar-refractivity contribution < 1.29 is 72.4 Å². The van der Waals surface area contributed by atoms with Crippen LogP contribution in [0.5, 0.6) is 0 Å². The Hall–Kier alpha value is -5.99. The van der Waals surface area contributed by atoms with Gasteiger partial charge < -0.3 is 75.3 Å². The summed E-state index contributed by atoms with van der Waals surface area (Å²) < 4.78 is 11.5. The molecule has 13 atom stereocenters. The van der Waals surface area contributed by atoms with Gasteiger partial charge in [-0.05, 0) is 126 Å². The number of carbonyl (C=O) groups is 11. The van der Waals surface area contributed by atoms with E-state index in [-0.39, 0.29) is 67.7 Å². The van der Waals surface area contributed by atoms with Crippen LogP contribution in [0, 0.1) is 47.3 Å². The lowest BCUT2D eigenvalue weighted by Crippen LogP contribution is -2.64. The van der Waals surface area contributed by atoms with Gasteiger partial charge in [0.2, 0.25) is 53.2 Å². The zero-order chi connectivity index (χ0) is 72.2. The first-order valence-corrected chi connectivity index (χ1v) is 34.1. The van der Waals surface area contributed by atoms with E-state index in [1.54, 1.807) is 34.6 Å². The van der Waals surface area contributed by atoms with Crippen LogP contribution < -0.4 is 21.3 Å². The van der Waals surface area contributed by atoms with E-state index in [1.807, 2.05) is 76.3 Å². The van der Waals surface area contributed by atoms with Crippen molar-refractivity contribution in [3.63, 3.8) is 0 Å². The molecule has 0 bridgehead atoms. The van der Waals surface area contributed by atoms with Crippen molar-refractivity contribution in [2.24, 2.45) is 47.3 Å². The lowest BCUT2D eigenvalue weighted by molar-refractivity contribution is -0.166. The number of nitrogens with zero attached hydrogens (tertiary/aromatic N) is 7. The number of nitrogens with one attached hydrogen (secondary N) is 4. The summed E-state index contributed by atoms with van der Waals surface area (Å²) in [5.41, 5.74) is 0. The number of ether oxygens (including phenoxy) is 2. The molecule has 10 amide bonds. The predicted octanol–water partition coefficient (Wildman–Crippen LogP) is 2.89. The minimum atomic E-state index is -1.76. The highest BCUT2D eigenvalue weighted by molar-refractivity contribution is 5.99. The average Bonchev–Trinajstić information content (AvgIpc) is 0.832. The van der Waals surface area contributed by atoms with Gasteiger partial charge >= 0.3 is 5.97 Å². The van der Waals surface area contributed by atoms with Crippen molar-refractivity contribution in [2.75, 3.05) is 75.6 Å². The molecule has 2 fully saturated rings. The highest BCUT2D eigenvalue weighted by atomic mass is 16.6. The molecular formula is C68H123N11O15. The molecule has 26 heteroatoms. The second-order valence-electron chi connectivity index (χ2n) is 29.6. The average molecular weight is 1330 g/mol. The highest BCUT2D eigenvalue weighted by Crippen LogP contribution is 2.26. The quantitative estimate of drug-likeness (QED) is 0.101. The van der Waals surface area contributed by atoms with E-state index >= 15 is 14.4 Å². The van der Waals surface area contributed by atoms with Crippen LogP contribution >= 0.6 is 0 Å². The maximum Gasteiger partial charge on any atom is 0.329 e. The normalized spacial score (nSPS) is 26.9. The van der Waals surface area contributed by atoms with Gasteiger partial charge in [0, 0.05) is 61.5 Å². The molecule has 2 rings (SSSR count). The van der Waals surface area contributed by atoms with Crippen molar-refractivity contribution in [2.45, 2.75) is 248 Å². The van der Waals surface area contributed by atoms with E-state index in [4.69, 9.17) is 9.47 Å². The number of hydrogen-bond donors (Lipinski definition) is 6. The van der Waals surface area contributed by atoms with Gasteiger partial charge in [0.1, 0.15) is 54.4 Å². The number of esters is 1. The van der Waals surface area contributed by atoms with Gasteiger partial charge in [0.05, 0.1) is 18.8 Å². The van der Waals surface area contributed by atoms with Crippen LogP contribution in [0.15, 0.2) is 0 Å². The minimum absolute atomic E-state index is 0.0778. The molecule has 0 radical (unpaired) electrons. The monoisotopic (exact) mass is 1330 g/mol. The first kappa shape index (κ1) is 84.1. The van der Waals surface area contributed by atoms with Crippen LogP contribution in [0.1, 0.15) is 169 Å². The molecule has 0 spiro atoms. The Balaban J connectivity index is 3.03. The Bertz CT molecular complexity index is 2520. The fraction of sp³-hybridized carbons (Fsp3) is 0.838. The van der Waals surface area contributed by atoms with Gasteiger partial charge in [-0.1, -0.05) is 104 Å². The fourth-order valence-electron chi connectivity index (χ4n) is 12.2. The molecule has 2 heterocycles. The Labute approximate surface area is 561 Å². The summed E-state index contributed by atoms with van der Waals surface area (Å²) in [6, 6.07) is -12.1. The van der Waals surface area contributed by atoms with Crippen LogP contribution in [0.3, 0.4) is 0 Å². The molecule has 540 valence electrons. The van der Waals surface area contributed by atoms with Crippen molar-refractivity contribution in [3.8, 4) is 0 Å². The lowest BCUT2D eigenvalue weighted by atomic mass is 9.91. The number of amides is 10. The molecule has 0 aromatic rings. The third-order valence-corrected chi connectivity index (χ3v) is 18.1. The van der Waals surface area contributed by atoms with Crippen LogP contribution in [0.25, 0.3) is 0 Å². The van der Waals surface area contributed by atoms with E-state index in [2.05, 4.69) is 26.2 Å². The van der Waals surface area contributed by atoms with Crippen molar-refractivity contribution in [1.82, 2.24) is 55.6 Å². The summed E-state index contributed by atoms with van der Waals surface area (Å²) >= 11 is 0. The minimum Gasteiger partial charge on any atom is -0.450 e. The zero-order valence-corrected chi connectivity index (χ0v) is 61.4. The third-order valence-electron chi connectivity index (χ3n) is 18.1. The van der Waals surface area contributed by atoms with Crippen molar-refractivity contribution in [3.05, 3.63) is 0 Å². The number of hydrogen-bond acceptors (Lipinski definition) is 16. The summed E-state index contributed by atoms with van der Waals surface area (Å²) in [4.78, 5) is 171. The van der Waals surface area contributed by atoms with Crippen LogP contribution in [-0.2, 0) is 62.2 Å². The second-order valence-corrected chi connectivity index (χ2v) is 29.6. The summed E-state index contributed by atoms with van der Waals surface area (Å²) in [7, 11) is 10.2. The molecule has 2 aliphatic heterocycles.